The topological polar surface area (TPSA) is 96.9 Å². The van der Waals surface area contributed by atoms with Gasteiger partial charge in [0.25, 0.3) is 0 Å². The number of hydrogen-bond donors (Lipinski definition) is 2. The normalized spacial score (nSPS) is 25.5. The van der Waals surface area contributed by atoms with Gasteiger partial charge in [-0.15, -0.1) is 5.10 Å². The van der Waals surface area contributed by atoms with Gasteiger partial charge in [0.1, 0.15) is 0 Å². The number of nitrogens with zero attached hydrogens (tertiary/aromatic N) is 3. The maximum atomic E-state index is 11.5. The van der Waals surface area contributed by atoms with Crippen LogP contribution < -0.4 is 10.6 Å². The van der Waals surface area contributed by atoms with Crippen LogP contribution in [0.15, 0.2) is 6.20 Å². The number of aromatic nitrogens is 3. The van der Waals surface area contributed by atoms with Gasteiger partial charge in [-0.25, -0.2) is 8.42 Å². The number of nitrogens with one attached hydrogen (secondary N) is 2. The Morgan fingerprint density at radius 2 is 1.77 bits per heavy atom. The van der Waals surface area contributed by atoms with Crippen molar-refractivity contribution in [3.05, 3.63) is 6.20 Å². The van der Waals surface area contributed by atoms with Crippen LogP contribution in [0.3, 0.4) is 0 Å². The van der Waals surface area contributed by atoms with Gasteiger partial charge in [0, 0.05) is 12.1 Å². The summed E-state index contributed by atoms with van der Waals surface area (Å²) < 4.78 is 23.0. The van der Waals surface area contributed by atoms with Gasteiger partial charge in [-0.2, -0.15) is 10.1 Å². The van der Waals surface area contributed by atoms with E-state index in [1.165, 1.54) is 25.7 Å². The summed E-state index contributed by atoms with van der Waals surface area (Å²) in [7, 11) is -2.91. The standard InChI is InChI=1S/C14H23N5O2S/c20-22(21)8-7-12(10-22)17-14-18-13(9-15-19-14)16-11-5-3-1-2-4-6-11/h9,11-12H,1-8,10H2,(H2,16,17,18,19). The third kappa shape index (κ3) is 4.28. The SMILES string of the molecule is O=S1(=O)CCC(Nc2nncc(NC3CCCCCC3)n2)C1. The summed E-state index contributed by atoms with van der Waals surface area (Å²) in [5.74, 6) is 1.50. The second-order valence-electron chi connectivity index (χ2n) is 6.24. The van der Waals surface area contributed by atoms with E-state index in [0.717, 1.165) is 12.8 Å². The Hall–Kier alpha value is -1.44. The Morgan fingerprint density at radius 3 is 2.45 bits per heavy atom. The van der Waals surface area contributed by atoms with Gasteiger partial charge in [-0.3, -0.25) is 0 Å². The second kappa shape index (κ2) is 6.76. The molecule has 1 saturated carbocycles. The van der Waals surface area contributed by atoms with Gasteiger partial charge < -0.3 is 10.6 Å². The molecule has 2 aliphatic rings. The number of anilines is 2. The molecule has 0 bridgehead atoms. The molecule has 1 aromatic rings. The van der Waals surface area contributed by atoms with Crippen LogP contribution in [-0.2, 0) is 9.84 Å². The van der Waals surface area contributed by atoms with E-state index < -0.39 is 9.84 Å². The summed E-state index contributed by atoms with van der Waals surface area (Å²) in [5.41, 5.74) is 0. The van der Waals surface area contributed by atoms with Gasteiger partial charge >= 0.3 is 0 Å². The predicted molar refractivity (Wildman–Crippen MR) is 85.6 cm³/mol. The molecule has 1 saturated heterocycles. The Bertz CT molecular complexity index is 599. The van der Waals surface area contributed by atoms with E-state index >= 15 is 0 Å². The molecule has 7 nitrogen and oxygen atoms in total. The molecule has 3 rings (SSSR count). The Balaban J connectivity index is 1.60. The molecule has 2 heterocycles. The van der Waals surface area contributed by atoms with Gasteiger partial charge in [0.2, 0.25) is 5.95 Å². The third-order valence-electron chi connectivity index (χ3n) is 4.33. The summed E-state index contributed by atoms with van der Waals surface area (Å²) in [6.07, 6.45) is 9.67. The molecule has 2 N–H and O–H groups in total. The second-order valence-corrected chi connectivity index (χ2v) is 8.47. The zero-order chi connectivity index (χ0) is 15.4. The maximum absolute atomic E-state index is 11.5. The van der Waals surface area contributed by atoms with Crippen molar-refractivity contribution in [2.45, 2.75) is 57.0 Å². The number of hydrogen-bond acceptors (Lipinski definition) is 7. The van der Waals surface area contributed by atoms with Crippen molar-refractivity contribution in [2.75, 3.05) is 22.1 Å². The highest BCUT2D eigenvalue weighted by Gasteiger charge is 2.28. The van der Waals surface area contributed by atoms with E-state index in [4.69, 9.17) is 0 Å². The lowest BCUT2D eigenvalue weighted by Gasteiger charge is -2.17. The molecule has 0 amide bonds. The molecule has 122 valence electrons. The van der Waals surface area contributed by atoms with Crippen LogP contribution in [0.1, 0.15) is 44.9 Å². The van der Waals surface area contributed by atoms with E-state index in [9.17, 15) is 8.42 Å². The minimum Gasteiger partial charge on any atom is -0.366 e. The molecule has 0 aromatic carbocycles. The molecule has 1 unspecified atom stereocenters. The fraction of sp³-hybridized carbons (Fsp3) is 0.786. The lowest BCUT2D eigenvalue weighted by atomic mass is 10.1. The highest BCUT2D eigenvalue weighted by Crippen LogP contribution is 2.21. The molecule has 1 aromatic heterocycles. The average Bonchev–Trinajstić information content (AvgIpc) is 2.67. The van der Waals surface area contributed by atoms with Crippen LogP contribution in [0.25, 0.3) is 0 Å². The molecule has 0 radical (unpaired) electrons. The summed E-state index contributed by atoms with van der Waals surface area (Å²) in [6.45, 7) is 0. The monoisotopic (exact) mass is 325 g/mol. The fourth-order valence-corrected chi connectivity index (χ4v) is 4.83. The molecule has 1 atom stereocenters. The van der Waals surface area contributed by atoms with Crippen molar-refractivity contribution in [3.63, 3.8) is 0 Å². The van der Waals surface area contributed by atoms with Crippen LogP contribution >= 0.6 is 0 Å². The fourth-order valence-electron chi connectivity index (χ4n) is 3.16. The minimum atomic E-state index is -2.91. The zero-order valence-electron chi connectivity index (χ0n) is 12.7. The van der Waals surface area contributed by atoms with Gasteiger partial charge in [0.15, 0.2) is 15.7 Å². The van der Waals surface area contributed by atoms with Crippen molar-refractivity contribution in [3.8, 4) is 0 Å². The average molecular weight is 325 g/mol. The van der Waals surface area contributed by atoms with Crippen molar-refractivity contribution in [1.29, 1.82) is 0 Å². The first-order valence-corrected chi connectivity index (χ1v) is 9.86. The summed E-state index contributed by atoms with van der Waals surface area (Å²) in [4.78, 5) is 4.42. The van der Waals surface area contributed by atoms with Gasteiger partial charge in [0.05, 0.1) is 17.7 Å². The lowest BCUT2D eigenvalue weighted by molar-refractivity contribution is 0.602. The van der Waals surface area contributed by atoms with Gasteiger partial charge in [-0.1, -0.05) is 25.7 Å². The number of sulfone groups is 1. The maximum Gasteiger partial charge on any atom is 0.244 e. The Labute approximate surface area is 131 Å². The van der Waals surface area contributed by atoms with E-state index in [1.807, 2.05) is 0 Å². The van der Waals surface area contributed by atoms with Gasteiger partial charge in [-0.05, 0) is 19.3 Å². The van der Waals surface area contributed by atoms with E-state index in [2.05, 4.69) is 25.8 Å². The highest BCUT2D eigenvalue weighted by atomic mass is 32.2. The van der Waals surface area contributed by atoms with Crippen LogP contribution in [0.4, 0.5) is 11.8 Å². The van der Waals surface area contributed by atoms with Crippen molar-refractivity contribution in [2.24, 2.45) is 0 Å². The number of rotatable bonds is 4. The van der Waals surface area contributed by atoms with Crippen molar-refractivity contribution in [1.82, 2.24) is 15.2 Å². The summed E-state index contributed by atoms with van der Waals surface area (Å²) >= 11 is 0. The summed E-state index contributed by atoms with van der Waals surface area (Å²) in [5, 5.41) is 14.4. The molecule has 0 spiro atoms. The summed E-state index contributed by atoms with van der Waals surface area (Å²) in [6, 6.07) is 0.332. The molecular weight excluding hydrogens is 302 g/mol. The van der Waals surface area contributed by atoms with E-state index in [-0.39, 0.29) is 17.5 Å². The molecular formula is C14H23N5O2S. The molecule has 1 aliphatic carbocycles. The first-order valence-electron chi connectivity index (χ1n) is 8.04. The Kier molecular flexibility index (Phi) is 4.75. The van der Waals surface area contributed by atoms with Crippen LogP contribution in [0, 0.1) is 0 Å². The smallest absolute Gasteiger partial charge is 0.244 e. The van der Waals surface area contributed by atoms with Crippen LogP contribution in [-0.4, -0.2) is 47.2 Å². The van der Waals surface area contributed by atoms with Crippen molar-refractivity contribution >= 4 is 21.6 Å². The largest absolute Gasteiger partial charge is 0.366 e. The third-order valence-corrected chi connectivity index (χ3v) is 6.10. The minimum absolute atomic E-state index is 0.111. The molecule has 22 heavy (non-hydrogen) atoms. The first kappa shape index (κ1) is 15.5. The van der Waals surface area contributed by atoms with Crippen LogP contribution in [0.2, 0.25) is 0 Å². The zero-order valence-corrected chi connectivity index (χ0v) is 13.5. The lowest BCUT2D eigenvalue weighted by Crippen LogP contribution is -2.23. The Morgan fingerprint density at radius 1 is 1.00 bits per heavy atom. The molecule has 1 aliphatic heterocycles. The quantitative estimate of drug-likeness (QED) is 0.812. The highest BCUT2D eigenvalue weighted by molar-refractivity contribution is 7.91. The van der Waals surface area contributed by atoms with Crippen molar-refractivity contribution < 1.29 is 8.42 Å². The van der Waals surface area contributed by atoms with E-state index in [0.29, 0.717) is 24.2 Å². The molecule has 8 heteroatoms. The predicted octanol–water partition coefficient (Wildman–Crippen LogP) is 1.61. The molecule has 2 fully saturated rings. The van der Waals surface area contributed by atoms with Crippen LogP contribution in [0.5, 0.6) is 0 Å². The first-order chi connectivity index (χ1) is 10.6. The van der Waals surface area contributed by atoms with E-state index in [1.54, 1.807) is 6.20 Å².